The van der Waals surface area contributed by atoms with E-state index in [1.165, 1.54) is 70.4 Å². The summed E-state index contributed by atoms with van der Waals surface area (Å²) >= 11 is 0. The highest BCUT2D eigenvalue weighted by Gasteiger charge is 2.50. The van der Waals surface area contributed by atoms with Crippen LogP contribution in [0.25, 0.3) is 0 Å². The predicted octanol–water partition coefficient (Wildman–Crippen LogP) is -1.27. The lowest BCUT2D eigenvalue weighted by molar-refractivity contribution is -0.148. The van der Waals surface area contributed by atoms with Crippen LogP contribution < -0.4 is 26.6 Å². The Morgan fingerprint density at radius 2 is 1.14 bits per heavy atom. The van der Waals surface area contributed by atoms with Gasteiger partial charge in [-0.2, -0.15) is 0 Å². The summed E-state index contributed by atoms with van der Waals surface area (Å²) < 4.78 is 0. The van der Waals surface area contributed by atoms with Crippen LogP contribution in [-0.2, 0) is 33.6 Å². The zero-order valence-corrected chi connectivity index (χ0v) is 43.2. The van der Waals surface area contributed by atoms with Crippen LogP contribution in [0.15, 0.2) is 24.3 Å². The summed E-state index contributed by atoms with van der Waals surface area (Å²) in [6.07, 6.45) is -1.18. The van der Waals surface area contributed by atoms with E-state index in [1.54, 1.807) is 0 Å². The molecule has 15 atom stereocenters. The third kappa shape index (κ3) is 17.5. The van der Waals surface area contributed by atoms with Gasteiger partial charge in [0.05, 0.1) is 24.4 Å². The maximum absolute atomic E-state index is 14.3. The van der Waals surface area contributed by atoms with Crippen LogP contribution in [0.5, 0.6) is 5.75 Å². The van der Waals surface area contributed by atoms with Crippen molar-refractivity contribution in [2.75, 3.05) is 13.1 Å². The number of nitrogens with one attached hydrogen (secondary N) is 5. The molecule has 0 aromatic heterocycles. The Morgan fingerprint density at radius 3 is 1.68 bits per heavy atom. The van der Waals surface area contributed by atoms with Crippen molar-refractivity contribution < 1.29 is 79.5 Å². The van der Waals surface area contributed by atoms with Crippen molar-refractivity contribution >= 4 is 41.4 Å². The second-order valence-corrected chi connectivity index (χ2v) is 20.5. The molecule has 1 aromatic rings. The Hall–Kier alpha value is -5.01. The summed E-state index contributed by atoms with van der Waals surface area (Å²) in [5, 5.41) is 111. The third-order valence-electron chi connectivity index (χ3n) is 14.3. The predicted molar refractivity (Wildman–Crippen MR) is 267 cm³/mol. The molecule has 418 valence electrons. The number of aliphatic hydroxyl groups excluding tert-OH is 8. The number of benzene rings is 1. The molecule has 7 amide bonds. The van der Waals surface area contributed by atoms with Gasteiger partial charge in [0.2, 0.25) is 41.4 Å². The fourth-order valence-electron chi connectivity index (χ4n) is 9.77. The smallest absolute Gasteiger partial charge is 0.248 e. The lowest BCUT2D eigenvalue weighted by atomic mass is 9.96. The fraction of sp³-hybridized carbons (Fsp3) is 0.745. The number of hydrogen-bond donors (Lipinski definition) is 14. The number of nitrogens with zero attached hydrogens (tertiary/aromatic N) is 2. The van der Waals surface area contributed by atoms with E-state index in [9.17, 15) is 79.5 Å². The summed E-state index contributed by atoms with van der Waals surface area (Å²) in [5.41, 5.74) is -0.0584. The van der Waals surface area contributed by atoms with Crippen molar-refractivity contribution in [2.24, 2.45) is 5.92 Å². The maximum atomic E-state index is 14.3. The lowest BCUT2D eigenvalue weighted by Gasteiger charge is -2.34. The van der Waals surface area contributed by atoms with E-state index in [2.05, 4.69) is 33.5 Å². The van der Waals surface area contributed by atoms with Crippen LogP contribution in [0, 0.1) is 5.92 Å². The highest BCUT2D eigenvalue weighted by atomic mass is 16.3. The largest absolute Gasteiger partial charge is 0.508 e. The summed E-state index contributed by atoms with van der Waals surface area (Å²) in [5.74, 6) is -8.91. The lowest BCUT2D eigenvalue weighted by Crippen LogP contribution is -2.64. The fourth-order valence-corrected chi connectivity index (χ4v) is 9.77. The van der Waals surface area contributed by atoms with E-state index in [1.807, 2.05) is 0 Å². The molecule has 0 bridgehead atoms. The molecule has 23 nitrogen and oxygen atoms in total. The van der Waals surface area contributed by atoms with Crippen LogP contribution in [0.1, 0.15) is 149 Å². The van der Waals surface area contributed by atoms with Crippen LogP contribution in [-0.4, -0.2) is 189 Å². The number of carbonyl (C=O) groups excluding carboxylic acids is 7. The van der Waals surface area contributed by atoms with Crippen molar-refractivity contribution in [3.05, 3.63) is 29.8 Å². The van der Waals surface area contributed by atoms with Crippen LogP contribution in [0.4, 0.5) is 0 Å². The minimum absolute atomic E-state index is 0.0491. The first-order valence-corrected chi connectivity index (χ1v) is 26.4. The molecule has 3 aliphatic rings. The maximum Gasteiger partial charge on any atom is 0.248 e. The molecule has 74 heavy (non-hydrogen) atoms. The number of hydrogen-bond acceptors (Lipinski definition) is 16. The number of fused-ring (bicyclic) bond motifs is 2. The minimum atomic E-state index is -2.27. The first kappa shape index (κ1) is 61.5. The van der Waals surface area contributed by atoms with Crippen molar-refractivity contribution in [2.45, 2.75) is 222 Å². The van der Waals surface area contributed by atoms with Crippen LogP contribution in [0.2, 0.25) is 0 Å². The summed E-state index contributed by atoms with van der Waals surface area (Å²) in [4.78, 5) is 100. The van der Waals surface area contributed by atoms with Crippen molar-refractivity contribution in [1.29, 1.82) is 0 Å². The van der Waals surface area contributed by atoms with Crippen molar-refractivity contribution in [3.63, 3.8) is 0 Å². The van der Waals surface area contributed by atoms with Gasteiger partial charge in [0, 0.05) is 38.3 Å². The molecule has 4 rings (SSSR count). The van der Waals surface area contributed by atoms with E-state index in [0.717, 1.165) is 61.5 Å². The number of phenols is 1. The summed E-state index contributed by atoms with van der Waals surface area (Å²) in [7, 11) is 0. The molecule has 0 saturated carbocycles. The molecule has 3 aliphatic heterocycles. The number of aliphatic hydroxyl groups is 8. The van der Waals surface area contributed by atoms with E-state index in [4.69, 9.17) is 0 Å². The Bertz CT molecular complexity index is 2000. The highest BCUT2D eigenvalue weighted by Crippen LogP contribution is 2.28. The van der Waals surface area contributed by atoms with E-state index in [-0.39, 0.29) is 24.3 Å². The molecule has 1 aromatic carbocycles. The highest BCUT2D eigenvalue weighted by molar-refractivity contribution is 5.98. The van der Waals surface area contributed by atoms with Gasteiger partial charge >= 0.3 is 0 Å². The van der Waals surface area contributed by atoms with Gasteiger partial charge in [0.1, 0.15) is 60.3 Å². The topological polar surface area (TPSA) is 368 Å². The molecule has 3 saturated heterocycles. The van der Waals surface area contributed by atoms with Gasteiger partial charge in [-0.05, 0) is 38.0 Å². The third-order valence-corrected chi connectivity index (χ3v) is 14.3. The second-order valence-electron chi connectivity index (χ2n) is 20.5. The van der Waals surface area contributed by atoms with Gasteiger partial charge in [0.15, 0.2) is 6.23 Å². The van der Waals surface area contributed by atoms with Crippen molar-refractivity contribution in [3.8, 4) is 5.75 Å². The first-order valence-electron chi connectivity index (χ1n) is 26.4. The normalized spacial score (nSPS) is 29.4. The average Bonchev–Trinajstić information content (AvgIpc) is 3.90. The Labute approximate surface area is 432 Å². The Kier molecular flexibility index (Phi) is 24.9. The molecular formula is C51H83N7O16. The first-order chi connectivity index (χ1) is 35.1. The van der Waals surface area contributed by atoms with Gasteiger partial charge in [-0.25, -0.2) is 0 Å². The Balaban J connectivity index is 1.62. The van der Waals surface area contributed by atoms with Gasteiger partial charge in [-0.3, -0.25) is 33.6 Å². The van der Waals surface area contributed by atoms with Gasteiger partial charge < -0.3 is 82.3 Å². The van der Waals surface area contributed by atoms with E-state index < -0.39 is 152 Å². The molecule has 3 fully saturated rings. The number of aromatic hydroxyl groups is 1. The average molecular weight is 1050 g/mol. The monoisotopic (exact) mass is 1050 g/mol. The van der Waals surface area contributed by atoms with Crippen LogP contribution >= 0.6 is 0 Å². The van der Waals surface area contributed by atoms with Gasteiger partial charge in [0.25, 0.3) is 0 Å². The molecule has 14 N–H and O–H groups in total. The Morgan fingerprint density at radius 1 is 0.635 bits per heavy atom. The summed E-state index contributed by atoms with van der Waals surface area (Å²) in [6, 6.07) is -6.56. The number of phenolic OH excluding ortho intramolecular Hbond substituents is 1. The van der Waals surface area contributed by atoms with Gasteiger partial charge in [-0.1, -0.05) is 109 Å². The van der Waals surface area contributed by atoms with E-state index >= 15 is 0 Å². The standard InChI is InChI=1S/C51H83N7O16/c1-5-6-7-8-9-10-11-12-13-14-15-16-17-18-19-37(64)52-34-25-36(63)47(70)56-49(72)41-42(65)28(2)26-58(41)51(74)39(30(4)60)54-48(71)40(44(67)43(66)31-20-22-32(61)23-21-31)55-46(69)35-24-33(62)27-57(35)50(73)38(29(3)59)53-45(34)68/h20-23,28-30,33-36,38-44,47,59-63,65-67,70H,5-19,24-27H2,1-4H3,(H,52,64)(H,53,68)(H,54,71)(H,55,69)(H,56,72)/t28-,29+,30+,33+,34-,35-,36+,38-,39-,40+,41-,42+,43-,44-,47+/m0/s1. The van der Waals surface area contributed by atoms with Crippen LogP contribution in [0.3, 0.4) is 0 Å². The zero-order valence-electron chi connectivity index (χ0n) is 43.2. The minimum Gasteiger partial charge on any atom is -0.508 e. The van der Waals surface area contributed by atoms with E-state index in [0.29, 0.717) is 12.8 Å². The molecule has 0 unspecified atom stereocenters. The van der Waals surface area contributed by atoms with Crippen molar-refractivity contribution in [1.82, 2.24) is 36.4 Å². The molecule has 0 spiro atoms. The number of carbonyl (C=O) groups is 7. The number of unbranched alkanes of at least 4 members (excludes halogenated alkanes) is 13. The SMILES string of the molecule is CCCCCCCCCCCCCCCCC(=O)N[C@H]1C[C@@H](O)[C@@H](O)NC(=O)[C@@H]2[C@H](O)[C@@H](C)CN2C(=O)[C@H]([C@@H](C)O)NC(=O)[C@@H]([C@H](O)[C@@H](O)c2ccc(O)cc2)NC(=O)[C@@H]2C[C@@H](O)CN2C(=O)[C@H]([C@@H](C)O)NC1=O. The number of rotatable bonds is 21. The molecule has 0 radical (unpaired) electrons. The molecule has 23 heteroatoms. The second kappa shape index (κ2) is 29.9. The number of amides is 7. The van der Waals surface area contributed by atoms with Gasteiger partial charge in [-0.15, -0.1) is 0 Å². The molecule has 0 aliphatic carbocycles. The zero-order chi connectivity index (χ0) is 54.8. The quantitative estimate of drug-likeness (QED) is 0.0638. The molecular weight excluding hydrogens is 967 g/mol. The molecule has 3 heterocycles. The summed E-state index contributed by atoms with van der Waals surface area (Å²) in [6.45, 7) is 5.02.